The van der Waals surface area contributed by atoms with Crippen LogP contribution in [0.5, 0.6) is 5.75 Å². The number of hydrogen-bond donors (Lipinski definition) is 2. The fourth-order valence-electron chi connectivity index (χ4n) is 3.33. The quantitative estimate of drug-likeness (QED) is 0.782. The van der Waals surface area contributed by atoms with Gasteiger partial charge in [-0.1, -0.05) is 19.9 Å². The van der Waals surface area contributed by atoms with Gasteiger partial charge in [-0.25, -0.2) is 4.39 Å². The van der Waals surface area contributed by atoms with Crippen molar-refractivity contribution in [1.82, 2.24) is 0 Å². The fraction of sp³-hybridized carbons (Fsp3) is 0.600. The number of nitrogens with two attached hydrogens (primary N) is 1. The maximum Gasteiger partial charge on any atom is 0.419 e. The fourth-order valence-corrected chi connectivity index (χ4v) is 3.33. The van der Waals surface area contributed by atoms with Crippen molar-refractivity contribution in [3.05, 3.63) is 28.6 Å². The van der Waals surface area contributed by atoms with Crippen molar-refractivity contribution < 1.29 is 27.4 Å². The van der Waals surface area contributed by atoms with Crippen LogP contribution in [0, 0.1) is 12.7 Å². The Balaban J connectivity index is 2.81. The van der Waals surface area contributed by atoms with Gasteiger partial charge in [0.2, 0.25) is 0 Å². The van der Waals surface area contributed by atoms with Crippen LogP contribution in [-0.4, -0.2) is 24.0 Å². The predicted molar refractivity (Wildman–Crippen MR) is 73.3 cm³/mol. The SMILES string of the molecule is COc1c(F)c(C)cc2c1C(C)(C)CC(O)(C(F)(F)F)C2N. The predicted octanol–water partition coefficient (Wildman–Crippen LogP) is 3.12. The Morgan fingerprint density at radius 2 is 1.91 bits per heavy atom. The molecule has 0 heterocycles. The van der Waals surface area contributed by atoms with Crippen molar-refractivity contribution in [3.63, 3.8) is 0 Å². The monoisotopic (exact) mass is 321 g/mol. The standard InChI is InChI=1S/C15H19F4NO2/c1-7-5-8-9(11(22-4)10(7)16)13(2,3)6-14(21,12(8)20)15(17,18)19/h5,12,21H,6,20H2,1-4H3. The molecule has 7 heteroatoms. The Morgan fingerprint density at radius 3 is 2.36 bits per heavy atom. The summed E-state index contributed by atoms with van der Waals surface area (Å²) in [4.78, 5) is 0. The second-order valence-electron chi connectivity index (χ2n) is 6.47. The lowest BCUT2D eigenvalue weighted by atomic mass is 9.63. The van der Waals surface area contributed by atoms with Gasteiger partial charge in [0.25, 0.3) is 0 Å². The maximum absolute atomic E-state index is 14.2. The second-order valence-corrected chi connectivity index (χ2v) is 6.47. The molecule has 1 aliphatic rings. The zero-order valence-electron chi connectivity index (χ0n) is 12.8. The average molecular weight is 321 g/mol. The van der Waals surface area contributed by atoms with Crippen LogP contribution in [-0.2, 0) is 5.41 Å². The Bertz CT molecular complexity index is 613. The lowest BCUT2D eigenvalue weighted by Crippen LogP contribution is -2.59. The molecule has 0 spiro atoms. The van der Waals surface area contributed by atoms with Crippen LogP contribution in [0.1, 0.15) is 43.0 Å². The highest BCUT2D eigenvalue weighted by Gasteiger charge is 2.63. The van der Waals surface area contributed by atoms with E-state index in [4.69, 9.17) is 10.5 Å². The summed E-state index contributed by atoms with van der Waals surface area (Å²) in [5.41, 5.74) is 1.96. The first-order valence-corrected chi connectivity index (χ1v) is 6.79. The number of aryl methyl sites for hydroxylation is 1. The van der Waals surface area contributed by atoms with Crippen molar-refractivity contribution in [2.24, 2.45) is 5.73 Å². The number of fused-ring (bicyclic) bond motifs is 1. The normalized spacial score (nSPS) is 27.5. The maximum atomic E-state index is 14.2. The molecule has 22 heavy (non-hydrogen) atoms. The van der Waals surface area contributed by atoms with E-state index in [1.54, 1.807) is 0 Å². The van der Waals surface area contributed by atoms with E-state index < -0.39 is 35.5 Å². The number of benzene rings is 1. The van der Waals surface area contributed by atoms with Gasteiger partial charge >= 0.3 is 6.18 Å². The zero-order chi connectivity index (χ0) is 17.1. The molecule has 0 aromatic heterocycles. The van der Waals surface area contributed by atoms with Crippen molar-refractivity contribution in [2.45, 2.75) is 50.4 Å². The number of alkyl halides is 3. The van der Waals surface area contributed by atoms with Gasteiger partial charge in [-0.15, -0.1) is 0 Å². The number of methoxy groups -OCH3 is 1. The summed E-state index contributed by atoms with van der Waals surface area (Å²) in [7, 11) is 1.25. The Kier molecular flexibility index (Phi) is 3.73. The zero-order valence-corrected chi connectivity index (χ0v) is 12.8. The van der Waals surface area contributed by atoms with E-state index in [0.717, 1.165) is 0 Å². The number of ether oxygens (including phenoxy) is 1. The van der Waals surface area contributed by atoms with Crippen LogP contribution < -0.4 is 10.5 Å². The minimum absolute atomic E-state index is 0.0619. The van der Waals surface area contributed by atoms with Gasteiger partial charge in [-0.05, 0) is 29.9 Å². The molecule has 2 unspecified atom stereocenters. The van der Waals surface area contributed by atoms with E-state index in [0.29, 0.717) is 0 Å². The molecule has 3 N–H and O–H groups in total. The minimum atomic E-state index is -4.89. The third kappa shape index (κ3) is 2.18. The third-order valence-corrected chi connectivity index (χ3v) is 4.37. The van der Waals surface area contributed by atoms with Gasteiger partial charge in [-0.2, -0.15) is 13.2 Å². The second kappa shape index (κ2) is 4.83. The first kappa shape index (κ1) is 17.0. The highest BCUT2D eigenvalue weighted by Crippen LogP contribution is 2.55. The lowest BCUT2D eigenvalue weighted by molar-refractivity contribution is -0.278. The van der Waals surface area contributed by atoms with Gasteiger partial charge < -0.3 is 15.6 Å². The molecule has 1 aromatic rings. The largest absolute Gasteiger partial charge is 0.493 e. The topological polar surface area (TPSA) is 55.5 Å². The summed E-state index contributed by atoms with van der Waals surface area (Å²) >= 11 is 0. The molecule has 0 saturated heterocycles. The van der Waals surface area contributed by atoms with Crippen molar-refractivity contribution in [3.8, 4) is 5.75 Å². The molecular weight excluding hydrogens is 302 g/mol. The highest BCUT2D eigenvalue weighted by atomic mass is 19.4. The van der Waals surface area contributed by atoms with Gasteiger partial charge in [0.15, 0.2) is 17.2 Å². The van der Waals surface area contributed by atoms with Crippen LogP contribution in [0.4, 0.5) is 17.6 Å². The number of hydrogen-bond acceptors (Lipinski definition) is 3. The Hall–Kier alpha value is -1.34. The van der Waals surface area contributed by atoms with Crippen LogP contribution in [0.15, 0.2) is 6.07 Å². The summed E-state index contributed by atoms with van der Waals surface area (Å²) in [6.07, 6.45) is -5.56. The molecule has 0 bridgehead atoms. The van der Waals surface area contributed by atoms with E-state index in [2.05, 4.69) is 0 Å². The van der Waals surface area contributed by atoms with E-state index in [-0.39, 0.29) is 22.4 Å². The van der Waals surface area contributed by atoms with Crippen LogP contribution in [0.25, 0.3) is 0 Å². The smallest absolute Gasteiger partial charge is 0.419 e. The molecule has 0 saturated carbocycles. The average Bonchev–Trinajstić information content (AvgIpc) is 2.36. The molecule has 3 nitrogen and oxygen atoms in total. The van der Waals surface area contributed by atoms with Crippen molar-refractivity contribution in [2.75, 3.05) is 7.11 Å². The molecule has 0 fully saturated rings. The molecule has 2 rings (SSSR count). The van der Waals surface area contributed by atoms with E-state index in [1.165, 1.54) is 33.9 Å². The Labute approximate surface area is 126 Å². The lowest BCUT2D eigenvalue weighted by Gasteiger charge is -2.47. The number of rotatable bonds is 1. The van der Waals surface area contributed by atoms with Gasteiger partial charge in [0, 0.05) is 5.56 Å². The molecule has 0 radical (unpaired) electrons. The molecule has 124 valence electrons. The summed E-state index contributed by atoms with van der Waals surface area (Å²) in [6, 6.07) is -0.445. The van der Waals surface area contributed by atoms with E-state index in [1.807, 2.05) is 0 Å². The molecule has 1 aliphatic carbocycles. The Morgan fingerprint density at radius 1 is 1.36 bits per heavy atom. The first-order chi connectivity index (χ1) is 9.87. The summed E-state index contributed by atoms with van der Waals surface area (Å²) in [5, 5.41) is 10.2. The van der Waals surface area contributed by atoms with Crippen LogP contribution in [0.2, 0.25) is 0 Å². The third-order valence-electron chi connectivity index (χ3n) is 4.37. The van der Waals surface area contributed by atoms with Gasteiger partial charge in [0.1, 0.15) is 0 Å². The van der Waals surface area contributed by atoms with Gasteiger partial charge in [0.05, 0.1) is 13.2 Å². The van der Waals surface area contributed by atoms with Crippen LogP contribution in [0.3, 0.4) is 0 Å². The molecule has 1 aromatic carbocycles. The van der Waals surface area contributed by atoms with Crippen molar-refractivity contribution >= 4 is 0 Å². The minimum Gasteiger partial charge on any atom is -0.493 e. The molecule has 0 amide bonds. The van der Waals surface area contributed by atoms with E-state index in [9.17, 15) is 22.7 Å². The summed E-state index contributed by atoms with van der Waals surface area (Å²) in [5.74, 6) is -0.737. The first-order valence-electron chi connectivity index (χ1n) is 6.79. The number of aliphatic hydroxyl groups is 1. The summed E-state index contributed by atoms with van der Waals surface area (Å²) in [6.45, 7) is 4.43. The molecular formula is C15H19F4NO2. The number of halogens is 4. The van der Waals surface area contributed by atoms with E-state index >= 15 is 0 Å². The van der Waals surface area contributed by atoms with Gasteiger partial charge in [-0.3, -0.25) is 0 Å². The van der Waals surface area contributed by atoms with Crippen LogP contribution >= 0.6 is 0 Å². The molecule has 0 aliphatic heterocycles. The van der Waals surface area contributed by atoms with Crippen molar-refractivity contribution in [1.29, 1.82) is 0 Å². The highest BCUT2D eigenvalue weighted by molar-refractivity contribution is 5.53. The summed E-state index contributed by atoms with van der Waals surface area (Å²) < 4.78 is 59.3. The molecule has 2 atom stereocenters.